The Balaban J connectivity index is 1.72. The largest absolute Gasteiger partial charge is 0.445 e. The predicted molar refractivity (Wildman–Crippen MR) is 83.2 cm³/mol. The topological polar surface area (TPSA) is 58.6 Å². The van der Waals surface area contributed by atoms with Crippen LogP contribution in [0.4, 0.5) is 4.79 Å². The van der Waals surface area contributed by atoms with Crippen LogP contribution in [0.1, 0.15) is 18.4 Å². The van der Waals surface area contributed by atoms with Gasteiger partial charge in [-0.2, -0.15) is 0 Å². The standard InChI is InChI=1S/C15H19BrN2O3/c16-10-14(19)17-13-6-8-18(9-7-13)15(20)21-11-12-4-2-1-3-5-12/h1-5,13H,6-11H2,(H,17,19). The van der Waals surface area contributed by atoms with Crippen molar-refractivity contribution in [2.24, 2.45) is 0 Å². The van der Waals surface area contributed by atoms with Gasteiger partial charge >= 0.3 is 6.09 Å². The van der Waals surface area contributed by atoms with E-state index in [4.69, 9.17) is 4.74 Å². The SMILES string of the molecule is O=C(CBr)NC1CCN(C(=O)OCc2ccccc2)CC1. The minimum absolute atomic E-state index is 0.0138. The molecule has 0 saturated carbocycles. The number of carbonyl (C=O) groups is 2. The van der Waals surface area contributed by atoms with Crippen LogP contribution >= 0.6 is 15.9 Å². The molecule has 1 fully saturated rings. The maximum Gasteiger partial charge on any atom is 0.410 e. The zero-order valence-electron chi connectivity index (χ0n) is 11.8. The Bertz CT molecular complexity index is 473. The van der Waals surface area contributed by atoms with Crippen LogP contribution in [-0.4, -0.2) is 41.4 Å². The third-order valence-corrected chi connectivity index (χ3v) is 3.95. The number of hydrogen-bond donors (Lipinski definition) is 1. The quantitative estimate of drug-likeness (QED) is 0.844. The van der Waals surface area contributed by atoms with Gasteiger partial charge in [0, 0.05) is 19.1 Å². The number of benzene rings is 1. The Hall–Kier alpha value is -1.56. The number of piperidine rings is 1. The van der Waals surface area contributed by atoms with Gasteiger partial charge < -0.3 is 15.0 Å². The number of nitrogens with zero attached hydrogens (tertiary/aromatic N) is 1. The summed E-state index contributed by atoms with van der Waals surface area (Å²) in [5.41, 5.74) is 0.977. The highest BCUT2D eigenvalue weighted by Gasteiger charge is 2.24. The van der Waals surface area contributed by atoms with Gasteiger partial charge in [0.25, 0.3) is 0 Å². The van der Waals surface area contributed by atoms with Crippen LogP contribution in [0.15, 0.2) is 30.3 Å². The monoisotopic (exact) mass is 354 g/mol. The van der Waals surface area contributed by atoms with Gasteiger partial charge in [0.05, 0.1) is 5.33 Å². The summed E-state index contributed by atoms with van der Waals surface area (Å²) in [4.78, 5) is 25.0. The molecule has 1 aliphatic rings. The molecule has 1 saturated heterocycles. The third kappa shape index (κ3) is 5.04. The number of ether oxygens (including phenoxy) is 1. The Labute approximate surface area is 132 Å². The fraction of sp³-hybridized carbons (Fsp3) is 0.467. The van der Waals surface area contributed by atoms with Gasteiger partial charge in [-0.15, -0.1) is 0 Å². The fourth-order valence-electron chi connectivity index (χ4n) is 2.28. The molecule has 2 amide bonds. The van der Waals surface area contributed by atoms with E-state index in [1.54, 1.807) is 4.90 Å². The summed E-state index contributed by atoms with van der Waals surface area (Å²) in [5, 5.41) is 3.23. The van der Waals surface area contributed by atoms with Crippen LogP contribution in [0.25, 0.3) is 0 Å². The van der Waals surface area contributed by atoms with Gasteiger partial charge in [0.1, 0.15) is 6.61 Å². The first-order valence-corrected chi connectivity index (χ1v) is 8.12. The fourth-order valence-corrected chi connectivity index (χ4v) is 2.45. The van der Waals surface area contributed by atoms with E-state index >= 15 is 0 Å². The van der Waals surface area contributed by atoms with Gasteiger partial charge in [0.15, 0.2) is 0 Å². The lowest BCUT2D eigenvalue weighted by molar-refractivity contribution is -0.119. The van der Waals surface area contributed by atoms with Crippen molar-refractivity contribution in [3.05, 3.63) is 35.9 Å². The molecule has 6 heteroatoms. The Morgan fingerprint density at radius 2 is 1.90 bits per heavy atom. The molecular formula is C15H19BrN2O3. The molecule has 0 radical (unpaired) electrons. The van der Waals surface area contributed by atoms with Crippen molar-refractivity contribution < 1.29 is 14.3 Å². The van der Waals surface area contributed by atoms with Crippen LogP contribution in [0.2, 0.25) is 0 Å². The zero-order valence-corrected chi connectivity index (χ0v) is 13.3. The molecule has 0 spiro atoms. The molecule has 21 heavy (non-hydrogen) atoms. The average Bonchev–Trinajstić information content (AvgIpc) is 2.54. The van der Waals surface area contributed by atoms with E-state index in [1.165, 1.54) is 0 Å². The van der Waals surface area contributed by atoms with Gasteiger partial charge in [-0.1, -0.05) is 46.3 Å². The predicted octanol–water partition coefficient (Wildman–Crippen LogP) is 2.30. The minimum Gasteiger partial charge on any atom is -0.445 e. The van der Waals surface area contributed by atoms with E-state index in [-0.39, 0.29) is 18.0 Å². The molecule has 0 bridgehead atoms. The first-order chi connectivity index (χ1) is 10.2. The molecule has 1 N–H and O–H groups in total. The van der Waals surface area contributed by atoms with Crippen LogP contribution in [0.5, 0.6) is 0 Å². The van der Waals surface area contributed by atoms with Gasteiger partial charge in [-0.3, -0.25) is 4.79 Å². The summed E-state index contributed by atoms with van der Waals surface area (Å²) in [7, 11) is 0. The summed E-state index contributed by atoms with van der Waals surface area (Å²) < 4.78 is 5.30. The number of hydrogen-bond acceptors (Lipinski definition) is 3. The van der Waals surface area contributed by atoms with E-state index in [2.05, 4.69) is 21.2 Å². The number of alkyl halides is 1. The Kier molecular flexibility index (Phi) is 6.04. The summed E-state index contributed by atoms with van der Waals surface area (Å²) in [6.07, 6.45) is 1.24. The molecule has 0 unspecified atom stereocenters. The molecule has 0 aromatic heterocycles. The first-order valence-electron chi connectivity index (χ1n) is 7.00. The molecule has 0 atom stereocenters. The lowest BCUT2D eigenvalue weighted by atomic mass is 10.1. The average molecular weight is 355 g/mol. The summed E-state index contributed by atoms with van der Waals surface area (Å²) in [6, 6.07) is 9.76. The van der Waals surface area contributed by atoms with Crippen LogP contribution in [0.3, 0.4) is 0 Å². The van der Waals surface area contributed by atoms with E-state index in [0.717, 1.165) is 18.4 Å². The van der Waals surface area contributed by atoms with E-state index in [1.807, 2.05) is 30.3 Å². The van der Waals surface area contributed by atoms with Gasteiger partial charge in [-0.05, 0) is 18.4 Å². The molecular weight excluding hydrogens is 336 g/mol. The van der Waals surface area contributed by atoms with Crippen LogP contribution < -0.4 is 5.32 Å². The second-order valence-electron chi connectivity index (χ2n) is 5.00. The molecule has 0 aliphatic carbocycles. The third-order valence-electron chi connectivity index (χ3n) is 3.44. The second-order valence-corrected chi connectivity index (χ2v) is 5.56. The first kappa shape index (κ1) is 15.8. The molecule has 114 valence electrons. The second kappa shape index (κ2) is 8.02. The highest BCUT2D eigenvalue weighted by molar-refractivity contribution is 9.09. The van der Waals surface area contributed by atoms with E-state index < -0.39 is 0 Å². The highest BCUT2D eigenvalue weighted by Crippen LogP contribution is 2.12. The normalized spacial score (nSPS) is 15.6. The van der Waals surface area contributed by atoms with Crippen LogP contribution in [0, 0.1) is 0 Å². The summed E-state index contributed by atoms with van der Waals surface area (Å²) >= 11 is 3.12. The number of halogens is 1. The zero-order chi connectivity index (χ0) is 15.1. The maximum absolute atomic E-state index is 12.0. The lowest BCUT2D eigenvalue weighted by Gasteiger charge is -2.31. The highest BCUT2D eigenvalue weighted by atomic mass is 79.9. The van der Waals surface area contributed by atoms with Crippen molar-refractivity contribution in [2.45, 2.75) is 25.5 Å². The number of amides is 2. The smallest absolute Gasteiger partial charge is 0.410 e. The maximum atomic E-state index is 12.0. The molecule has 1 aromatic carbocycles. The lowest BCUT2D eigenvalue weighted by Crippen LogP contribution is -2.46. The van der Waals surface area contributed by atoms with Crippen LogP contribution in [-0.2, 0) is 16.1 Å². The molecule has 2 rings (SSSR count). The molecule has 1 aromatic rings. The molecule has 1 heterocycles. The molecule has 5 nitrogen and oxygen atoms in total. The van der Waals surface area contributed by atoms with Gasteiger partial charge in [-0.25, -0.2) is 4.79 Å². The van der Waals surface area contributed by atoms with E-state index in [9.17, 15) is 9.59 Å². The number of nitrogens with one attached hydrogen (secondary N) is 1. The Morgan fingerprint density at radius 1 is 1.24 bits per heavy atom. The number of carbonyl (C=O) groups excluding carboxylic acids is 2. The summed E-state index contributed by atoms with van der Waals surface area (Å²) in [5.74, 6) is -0.0138. The number of rotatable bonds is 4. The van der Waals surface area contributed by atoms with Crippen molar-refractivity contribution in [1.82, 2.24) is 10.2 Å². The molecule has 1 aliphatic heterocycles. The van der Waals surface area contributed by atoms with Crippen molar-refractivity contribution in [3.63, 3.8) is 0 Å². The number of likely N-dealkylation sites (tertiary alicyclic amines) is 1. The van der Waals surface area contributed by atoms with Crippen molar-refractivity contribution in [2.75, 3.05) is 18.4 Å². The minimum atomic E-state index is -0.288. The Morgan fingerprint density at radius 3 is 2.52 bits per heavy atom. The van der Waals surface area contributed by atoms with E-state index in [0.29, 0.717) is 25.0 Å². The van der Waals surface area contributed by atoms with Crippen molar-refractivity contribution in [3.8, 4) is 0 Å². The summed E-state index contributed by atoms with van der Waals surface area (Å²) in [6.45, 7) is 1.52. The van der Waals surface area contributed by atoms with Crippen molar-refractivity contribution >= 4 is 27.9 Å². The van der Waals surface area contributed by atoms with Gasteiger partial charge in [0.2, 0.25) is 5.91 Å². The van der Waals surface area contributed by atoms with Crippen molar-refractivity contribution in [1.29, 1.82) is 0 Å².